The number of amides is 1. The Kier molecular flexibility index (Phi) is 8.19. The van der Waals surface area contributed by atoms with E-state index in [-0.39, 0.29) is 35.1 Å². The van der Waals surface area contributed by atoms with E-state index in [9.17, 15) is 39.5 Å². The number of carbonyl (C=O) groups excluding carboxylic acids is 1. The van der Waals surface area contributed by atoms with Crippen LogP contribution in [0.25, 0.3) is 22.3 Å². The van der Waals surface area contributed by atoms with Crippen LogP contribution in [0.15, 0.2) is 59.0 Å². The van der Waals surface area contributed by atoms with Gasteiger partial charge >= 0.3 is 15.6 Å². The summed E-state index contributed by atoms with van der Waals surface area (Å²) in [5.74, 6) is -2.89. The van der Waals surface area contributed by atoms with E-state index in [4.69, 9.17) is 16.0 Å². The van der Waals surface area contributed by atoms with Gasteiger partial charge in [0.05, 0.1) is 17.8 Å². The van der Waals surface area contributed by atoms with Gasteiger partial charge in [-0.1, -0.05) is 11.6 Å². The van der Waals surface area contributed by atoms with Crippen LogP contribution in [0.5, 0.6) is 5.75 Å². The Morgan fingerprint density at radius 3 is 2.40 bits per heavy atom. The molecular weight excluding hydrogens is 640 g/mol. The average molecular weight is 660 g/mol. The summed E-state index contributed by atoms with van der Waals surface area (Å²) in [5.41, 5.74) is -3.79. The van der Waals surface area contributed by atoms with E-state index in [1.807, 2.05) is 0 Å². The van der Waals surface area contributed by atoms with Crippen LogP contribution < -0.4 is 13.8 Å². The molecule has 1 aliphatic rings. The number of carbonyl (C=O) groups is 1. The summed E-state index contributed by atoms with van der Waals surface area (Å²) in [6, 6.07) is 12.0. The second-order valence-electron chi connectivity index (χ2n) is 9.57. The van der Waals surface area contributed by atoms with Crippen molar-refractivity contribution >= 4 is 55.5 Å². The van der Waals surface area contributed by atoms with E-state index in [0.717, 1.165) is 28.8 Å². The lowest BCUT2D eigenvalue weighted by atomic mass is 9.97. The zero-order valence-corrected chi connectivity index (χ0v) is 24.3. The predicted octanol–water partition coefficient (Wildman–Crippen LogP) is 6.16. The summed E-state index contributed by atoms with van der Waals surface area (Å²) < 4.78 is 110. The molecule has 16 heteroatoms. The number of nitrogens with one attached hydrogen (secondary N) is 1. The number of halogens is 5. The molecule has 1 fully saturated rings. The van der Waals surface area contributed by atoms with Gasteiger partial charge in [-0.05, 0) is 78.4 Å². The largest absolute Gasteiger partial charge is 0.755 e. The predicted molar refractivity (Wildman–Crippen MR) is 149 cm³/mol. The first-order valence-corrected chi connectivity index (χ1v) is 15.3. The smallest absolute Gasteiger partial charge is 0.534 e. The molecule has 0 aliphatic heterocycles. The number of furan rings is 1. The molecule has 0 spiro atoms. The van der Waals surface area contributed by atoms with Gasteiger partial charge in [-0.3, -0.25) is 13.3 Å². The molecule has 1 unspecified atom stereocenters. The summed E-state index contributed by atoms with van der Waals surface area (Å²) in [6.45, 7) is -0.343. The number of rotatable bonds is 9. The Hall–Kier alpha value is -3.66. The highest BCUT2D eigenvalue weighted by molar-refractivity contribution is 7.88. The van der Waals surface area contributed by atoms with Crippen LogP contribution in [-0.2, 0) is 27.9 Å². The van der Waals surface area contributed by atoms with Gasteiger partial charge in [0.15, 0.2) is 11.6 Å². The van der Waals surface area contributed by atoms with Gasteiger partial charge in [-0.2, -0.15) is 21.6 Å². The Morgan fingerprint density at radius 1 is 1.16 bits per heavy atom. The average Bonchev–Trinajstić information content (AvgIpc) is 3.72. The van der Waals surface area contributed by atoms with Gasteiger partial charge in [0.25, 0.3) is 5.91 Å². The van der Waals surface area contributed by atoms with Crippen molar-refractivity contribution < 1.29 is 48.1 Å². The van der Waals surface area contributed by atoms with Crippen LogP contribution >= 0.6 is 11.6 Å². The SMILES string of the molecule is CNC(=O)c1c(-c2ccc(Cl)cc2)oc2cc(CN(c3ccc(OS(=O)(=O)C(F)(F)F)c(F)c3)S(=O)[O-])c(C3CC3)cc12. The molecule has 1 heterocycles. The molecule has 0 saturated heterocycles. The molecule has 4 aromatic rings. The molecule has 228 valence electrons. The second-order valence-corrected chi connectivity index (χ2v) is 12.4. The molecule has 1 saturated carbocycles. The Labute approximate surface area is 249 Å². The van der Waals surface area contributed by atoms with Gasteiger partial charge in [0.2, 0.25) is 0 Å². The van der Waals surface area contributed by atoms with Crippen molar-refractivity contribution in [3.63, 3.8) is 0 Å². The van der Waals surface area contributed by atoms with E-state index in [2.05, 4.69) is 9.50 Å². The fourth-order valence-corrected chi connectivity index (χ4v) is 5.65. The molecule has 1 aliphatic carbocycles. The van der Waals surface area contributed by atoms with Crippen LogP contribution in [-0.4, -0.2) is 35.6 Å². The van der Waals surface area contributed by atoms with E-state index in [1.54, 1.807) is 36.4 Å². The highest BCUT2D eigenvalue weighted by atomic mass is 35.5. The first-order chi connectivity index (χ1) is 20.2. The van der Waals surface area contributed by atoms with Gasteiger partial charge in [0, 0.05) is 40.4 Å². The van der Waals surface area contributed by atoms with Gasteiger partial charge in [-0.25, -0.2) is 4.39 Å². The van der Waals surface area contributed by atoms with E-state index < -0.39 is 44.4 Å². The van der Waals surface area contributed by atoms with Crippen LogP contribution in [0.3, 0.4) is 0 Å². The summed E-state index contributed by atoms with van der Waals surface area (Å²) in [4.78, 5) is 13.0. The summed E-state index contributed by atoms with van der Waals surface area (Å²) in [7, 11) is -4.68. The second kappa shape index (κ2) is 11.4. The maximum Gasteiger partial charge on any atom is 0.534 e. The first kappa shape index (κ1) is 30.8. The molecule has 1 aromatic heterocycles. The lowest BCUT2D eigenvalue weighted by molar-refractivity contribution is -0.0500. The van der Waals surface area contributed by atoms with Crippen LogP contribution in [0.2, 0.25) is 5.02 Å². The van der Waals surface area contributed by atoms with Gasteiger partial charge in [0.1, 0.15) is 11.3 Å². The summed E-state index contributed by atoms with van der Waals surface area (Å²) >= 11 is 3.01. The van der Waals surface area contributed by atoms with E-state index in [1.165, 1.54) is 7.05 Å². The number of alkyl halides is 3. The first-order valence-electron chi connectivity index (χ1n) is 12.4. The third-order valence-corrected chi connectivity index (χ3v) is 8.63. The maximum atomic E-state index is 14.7. The molecule has 1 amide bonds. The van der Waals surface area contributed by atoms with Crippen molar-refractivity contribution in [2.45, 2.75) is 30.8 Å². The van der Waals surface area contributed by atoms with Crippen LogP contribution in [0.1, 0.15) is 40.2 Å². The minimum absolute atomic E-state index is 0.0489. The number of hydrogen-bond acceptors (Lipinski definition) is 7. The highest BCUT2D eigenvalue weighted by Crippen LogP contribution is 2.45. The van der Waals surface area contributed by atoms with Crippen molar-refractivity contribution in [2.75, 3.05) is 11.4 Å². The number of fused-ring (bicyclic) bond motifs is 1. The Morgan fingerprint density at radius 2 is 1.84 bits per heavy atom. The molecule has 0 radical (unpaired) electrons. The maximum absolute atomic E-state index is 14.7. The quantitative estimate of drug-likeness (QED) is 0.0986. The lowest BCUT2D eigenvalue weighted by Crippen LogP contribution is -2.28. The zero-order chi connectivity index (χ0) is 31.3. The van der Waals surface area contributed by atoms with Crippen molar-refractivity contribution in [1.82, 2.24) is 5.32 Å². The van der Waals surface area contributed by atoms with Gasteiger partial charge in [-0.15, -0.1) is 0 Å². The fourth-order valence-electron chi connectivity index (χ4n) is 4.53. The minimum atomic E-state index is -6.15. The Balaban J connectivity index is 1.56. The number of benzene rings is 3. The van der Waals surface area contributed by atoms with Crippen LogP contribution in [0, 0.1) is 5.82 Å². The molecule has 1 N–H and O–H groups in total. The van der Waals surface area contributed by atoms with E-state index in [0.29, 0.717) is 33.7 Å². The van der Waals surface area contributed by atoms with Crippen LogP contribution in [0.4, 0.5) is 23.2 Å². The molecule has 0 bridgehead atoms. The lowest BCUT2D eigenvalue weighted by Gasteiger charge is -2.27. The third kappa shape index (κ3) is 6.20. The number of nitrogens with zero attached hydrogens (tertiary/aromatic N) is 1. The number of hydrogen-bond donors (Lipinski definition) is 1. The Bertz CT molecular complexity index is 1860. The molecule has 5 rings (SSSR count). The van der Waals surface area contributed by atoms with Crippen molar-refractivity contribution in [1.29, 1.82) is 0 Å². The summed E-state index contributed by atoms with van der Waals surface area (Å²) in [6.07, 6.45) is 1.59. The van der Waals surface area contributed by atoms with Gasteiger partial charge < -0.3 is 18.5 Å². The topological polar surface area (TPSA) is 129 Å². The molecule has 43 heavy (non-hydrogen) atoms. The monoisotopic (exact) mass is 659 g/mol. The summed E-state index contributed by atoms with van der Waals surface area (Å²) in [5, 5.41) is 3.56. The normalized spacial score (nSPS) is 14.5. The van der Waals surface area contributed by atoms with E-state index >= 15 is 0 Å². The van der Waals surface area contributed by atoms with Crippen molar-refractivity contribution in [2.24, 2.45) is 0 Å². The van der Waals surface area contributed by atoms with Crippen molar-refractivity contribution in [3.05, 3.63) is 82.1 Å². The molecular formula is C27H20ClF4N2O7S2-. The molecule has 3 aromatic carbocycles. The third-order valence-electron chi connectivity index (χ3n) is 6.71. The molecule has 1 atom stereocenters. The highest BCUT2D eigenvalue weighted by Gasteiger charge is 2.49. The standard InChI is InChI=1S/C27H21ClF4N2O7S2/c1-33-26(35)24-20-12-19(14-2-3-14)16(10-23(20)40-25(24)15-4-6-17(28)7-5-15)13-34(42(36)37)18-8-9-22(21(29)11-18)41-43(38,39)27(30,31)32/h4-12,14H,2-3,13H2,1H3,(H,33,35)(H,36,37)/p-1. The molecule has 9 nitrogen and oxygen atoms in total. The fraction of sp³-hybridized carbons (Fsp3) is 0.222. The zero-order valence-electron chi connectivity index (χ0n) is 21.9. The minimum Gasteiger partial charge on any atom is -0.755 e. The number of anilines is 1. The van der Waals surface area contributed by atoms with Crippen molar-refractivity contribution in [3.8, 4) is 17.1 Å².